The van der Waals surface area contributed by atoms with Crippen molar-refractivity contribution in [2.24, 2.45) is 0 Å². The van der Waals surface area contributed by atoms with E-state index < -0.39 is 0 Å². The molecule has 0 amide bonds. The molecule has 0 atom stereocenters. The Kier molecular flexibility index (Phi) is 5.81. The summed E-state index contributed by atoms with van der Waals surface area (Å²) in [6, 6.07) is 5.26. The van der Waals surface area contributed by atoms with Crippen molar-refractivity contribution in [3.8, 4) is 0 Å². The van der Waals surface area contributed by atoms with Gasteiger partial charge in [0.1, 0.15) is 0 Å². The van der Waals surface area contributed by atoms with Crippen LogP contribution in [0.25, 0.3) is 0 Å². The molecule has 0 aliphatic rings. The lowest BCUT2D eigenvalue weighted by Crippen LogP contribution is -2.24. The third-order valence-corrected chi connectivity index (χ3v) is 2.89. The van der Waals surface area contributed by atoms with E-state index in [0.717, 1.165) is 13.0 Å². The number of halogens is 2. The van der Waals surface area contributed by atoms with Crippen LogP contribution in [0.4, 0.5) is 0 Å². The van der Waals surface area contributed by atoms with Gasteiger partial charge in [-0.05, 0) is 30.7 Å². The Balaban J connectivity index is 2.56. The van der Waals surface area contributed by atoms with E-state index in [9.17, 15) is 4.79 Å². The van der Waals surface area contributed by atoms with E-state index in [0.29, 0.717) is 22.2 Å². The summed E-state index contributed by atoms with van der Waals surface area (Å²) in [5.74, 6) is 0.100. The molecule has 0 aliphatic carbocycles. The van der Waals surface area contributed by atoms with Crippen LogP contribution in [0.15, 0.2) is 18.2 Å². The Hall–Kier alpha value is -0.570. The molecule has 0 saturated heterocycles. The molecular formula is C12H15Cl2NO. The number of ketones is 1. The second kappa shape index (κ2) is 6.89. The summed E-state index contributed by atoms with van der Waals surface area (Å²) in [4.78, 5) is 11.6. The van der Waals surface area contributed by atoms with Gasteiger partial charge in [-0.1, -0.05) is 36.2 Å². The summed E-state index contributed by atoms with van der Waals surface area (Å²) >= 11 is 12.0. The first kappa shape index (κ1) is 13.5. The number of carbonyl (C=O) groups excluding carboxylic acids is 1. The van der Waals surface area contributed by atoms with E-state index in [1.807, 2.05) is 0 Å². The van der Waals surface area contributed by atoms with Crippen molar-refractivity contribution >= 4 is 29.0 Å². The first-order valence-electron chi connectivity index (χ1n) is 5.30. The quantitative estimate of drug-likeness (QED) is 0.796. The zero-order chi connectivity index (χ0) is 12.0. The highest BCUT2D eigenvalue weighted by Gasteiger charge is 2.10. The van der Waals surface area contributed by atoms with Gasteiger partial charge in [0.25, 0.3) is 0 Å². The summed E-state index contributed by atoms with van der Waals surface area (Å²) in [5, 5.41) is 4.16. The Morgan fingerprint density at radius 1 is 1.31 bits per heavy atom. The third kappa shape index (κ3) is 4.12. The molecule has 0 aliphatic heterocycles. The molecule has 0 heterocycles. The van der Waals surface area contributed by atoms with Crippen LogP contribution < -0.4 is 5.32 Å². The summed E-state index contributed by atoms with van der Waals surface area (Å²) in [7, 11) is 0. The van der Waals surface area contributed by atoms with Gasteiger partial charge in [-0.3, -0.25) is 4.79 Å². The van der Waals surface area contributed by atoms with Crippen molar-refractivity contribution in [3.63, 3.8) is 0 Å². The van der Waals surface area contributed by atoms with Crippen LogP contribution in [0.2, 0.25) is 10.0 Å². The molecule has 0 saturated carbocycles. The highest BCUT2D eigenvalue weighted by Crippen LogP contribution is 2.24. The Labute approximate surface area is 106 Å². The minimum Gasteiger partial charge on any atom is -0.310 e. The fraction of sp³-hybridized carbons (Fsp3) is 0.417. The molecule has 0 fully saturated rings. The number of hydrogen-bond donors (Lipinski definition) is 1. The minimum absolute atomic E-state index is 0.100. The number of carbonyl (C=O) groups is 1. The molecule has 0 unspecified atom stereocenters. The Morgan fingerprint density at radius 3 is 2.50 bits per heavy atom. The normalized spacial score (nSPS) is 10.4. The molecule has 1 aromatic rings. The van der Waals surface area contributed by atoms with Crippen LogP contribution in [0, 0.1) is 0 Å². The van der Waals surface area contributed by atoms with E-state index in [4.69, 9.17) is 23.2 Å². The molecule has 1 aromatic carbocycles. The van der Waals surface area contributed by atoms with Crippen molar-refractivity contribution in [3.05, 3.63) is 33.8 Å². The topological polar surface area (TPSA) is 29.1 Å². The predicted molar refractivity (Wildman–Crippen MR) is 68.3 cm³/mol. The van der Waals surface area contributed by atoms with Gasteiger partial charge in [0.15, 0.2) is 5.78 Å². The predicted octanol–water partition coefficient (Wildman–Crippen LogP) is 3.10. The number of benzene rings is 1. The second-order valence-electron chi connectivity index (χ2n) is 3.59. The zero-order valence-electron chi connectivity index (χ0n) is 9.22. The van der Waals surface area contributed by atoms with E-state index in [2.05, 4.69) is 12.2 Å². The van der Waals surface area contributed by atoms with Gasteiger partial charge in [-0.25, -0.2) is 0 Å². The molecule has 4 heteroatoms. The van der Waals surface area contributed by atoms with Gasteiger partial charge in [0.2, 0.25) is 0 Å². The maximum absolute atomic E-state index is 11.6. The van der Waals surface area contributed by atoms with Crippen LogP contribution in [0.5, 0.6) is 0 Å². The monoisotopic (exact) mass is 259 g/mol. The van der Waals surface area contributed by atoms with E-state index in [1.165, 1.54) is 0 Å². The van der Waals surface area contributed by atoms with Crippen molar-refractivity contribution in [2.75, 3.05) is 13.1 Å². The van der Waals surface area contributed by atoms with Crippen LogP contribution >= 0.6 is 23.2 Å². The highest BCUT2D eigenvalue weighted by atomic mass is 35.5. The summed E-state index contributed by atoms with van der Waals surface area (Å²) in [6.07, 6.45) is 1.30. The Morgan fingerprint density at radius 2 is 1.94 bits per heavy atom. The molecular weight excluding hydrogens is 245 g/mol. The van der Waals surface area contributed by atoms with Gasteiger partial charge in [-0.15, -0.1) is 0 Å². The van der Waals surface area contributed by atoms with E-state index in [-0.39, 0.29) is 12.2 Å². The number of nitrogens with one attached hydrogen (secondary N) is 1. The fourth-order valence-corrected chi connectivity index (χ4v) is 1.90. The summed E-state index contributed by atoms with van der Waals surface area (Å²) < 4.78 is 0. The third-order valence-electron chi connectivity index (χ3n) is 2.18. The van der Waals surface area contributed by atoms with Crippen LogP contribution in [-0.4, -0.2) is 18.9 Å². The van der Waals surface area contributed by atoms with Crippen LogP contribution in [-0.2, 0) is 11.2 Å². The van der Waals surface area contributed by atoms with Gasteiger partial charge >= 0.3 is 0 Å². The fourth-order valence-electron chi connectivity index (χ4n) is 1.37. The first-order valence-corrected chi connectivity index (χ1v) is 6.06. The maximum Gasteiger partial charge on any atom is 0.151 e. The molecule has 0 aromatic heterocycles. The molecule has 2 nitrogen and oxygen atoms in total. The number of Topliss-reactive ketones (excluding diaryl/α,β-unsaturated/α-hetero) is 1. The molecule has 0 spiro atoms. The smallest absolute Gasteiger partial charge is 0.151 e. The minimum atomic E-state index is 0.100. The van der Waals surface area contributed by atoms with Crippen LogP contribution in [0.1, 0.15) is 18.9 Å². The lowest BCUT2D eigenvalue weighted by molar-refractivity contribution is -0.117. The van der Waals surface area contributed by atoms with Crippen LogP contribution in [0.3, 0.4) is 0 Å². The van der Waals surface area contributed by atoms with Gasteiger partial charge in [0.05, 0.1) is 6.54 Å². The van der Waals surface area contributed by atoms with Gasteiger partial charge in [-0.2, -0.15) is 0 Å². The number of rotatable bonds is 6. The largest absolute Gasteiger partial charge is 0.310 e. The van der Waals surface area contributed by atoms with E-state index in [1.54, 1.807) is 18.2 Å². The highest BCUT2D eigenvalue weighted by molar-refractivity contribution is 6.36. The molecule has 1 rings (SSSR count). The average Bonchev–Trinajstić information content (AvgIpc) is 2.24. The van der Waals surface area contributed by atoms with Gasteiger partial charge < -0.3 is 5.32 Å². The summed E-state index contributed by atoms with van der Waals surface area (Å²) in [6.45, 7) is 3.28. The lowest BCUT2D eigenvalue weighted by atomic mass is 10.1. The molecule has 1 N–H and O–H groups in total. The Bertz CT molecular complexity index is 346. The standard InChI is InChI=1S/C12H15Cl2NO/c1-2-6-15-8-9(16)7-10-11(13)4-3-5-12(10)14/h3-5,15H,2,6-8H2,1H3. The SMILES string of the molecule is CCCNCC(=O)Cc1c(Cl)cccc1Cl. The summed E-state index contributed by atoms with van der Waals surface area (Å²) in [5.41, 5.74) is 0.717. The molecule has 0 bridgehead atoms. The van der Waals surface area contributed by atoms with Crippen molar-refractivity contribution in [1.82, 2.24) is 5.32 Å². The molecule has 88 valence electrons. The van der Waals surface area contributed by atoms with Gasteiger partial charge in [0, 0.05) is 16.5 Å². The lowest BCUT2D eigenvalue weighted by Gasteiger charge is -2.06. The maximum atomic E-state index is 11.6. The van der Waals surface area contributed by atoms with Crippen molar-refractivity contribution in [2.45, 2.75) is 19.8 Å². The molecule has 16 heavy (non-hydrogen) atoms. The van der Waals surface area contributed by atoms with Crippen molar-refractivity contribution in [1.29, 1.82) is 0 Å². The average molecular weight is 260 g/mol. The second-order valence-corrected chi connectivity index (χ2v) is 4.41. The van der Waals surface area contributed by atoms with E-state index >= 15 is 0 Å². The zero-order valence-corrected chi connectivity index (χ0v) is 10.7. The first-order chi connectivity index (χ1) is 7.65. The number of hydrogen-bond acceptors (Lipinski definition) is 2. The molecule has 0 radical (unpaired) electrons. The van der Waals surface area contributed by atoms with Crippen molar-refractivity contribution < 1.29 is 4.79 Å².